The highest BCUT2D eigenvalue weighted by Gasteiger charge is 2.19. The van der Waals surface area contributed by atoms with Gasteiger partial charge < -0.3 is 4.74 Å². The lowest BCUT2D eigenvalue weighted by Crippen LogP contribution is -2.06. The molecule has 0 radical (unpaired) electrons. The van der Waals surface area contributed by atoms with Crippen molar-refractivity contribution in [2.75, 3.05) is 7.11 Å². The molecule has 4 heteroatoms. The lowest BCUT2D eigenvalue weighted by molar-refractivity contribution is 0.0593. The van der Waals surface area contributed by atoms with Crippen molar-refractivity contribution >= 4 is 5.97 Å². The zero-order valence-electron chi connectivity index (χ0n) is 8.77. The minimum absolute atomic E-state index is 0.277. The molecule has 0 spiro atoms. The third-order valence-electron chi connectivity index (χ3n) is 2.84. The van der Waals surface area contributed by atoms with Crippen molar-refractivity contribution in [2.45, 2.75) is 31.6 Å². The van der Waals surface area contributed by atoms with Crippen LogP contribution in [-0.2, 0) is 4.74 Å². The second-order valence-corrected chi connectivity index (χ2v) is 3.80. The molecule has 1 saturated carbocycles. The molecule has 1 aromatic rings. The van der Waals surface area contributed by atoms with Gasteiger partial charge in [0.05, 0.1) is 19.0 Å². The molecule has 0 aromatic carbocycles. The molecule has 1 aliphatic rings. The van der Waals surface area contributed by atoms with Gasteiger partial charge in [0, 0.05) is 12.1 Å². The summed E-state index contributed by atoms with van der Waals surface area (Å²) in [4.78, 5) is 19.4. The van der Waals surface area contributed by atoms with Crippen LogP contribution in [0.15, 0.2) is 12.4 Å². The van der Waals surface area contributed by atoms with E-state index in [1.165, 1.54) is 39.0 Å². The van der Waals surface area contributed by atoms with Gasteiger partial charge in [-0.3, -0.25) is 4.98 Å². The second kappa shape index (κ2) is 4.38. The van der Waals surface area contributed by atoms with Crippen LogP contribution in [0, 0.1) is 0 Å². The van der Waals surface area contributed by atoms with Gasteiger partial charge in [-0.05, 0) is 12.8 Å². The van der Waals surface area contributed by atoms with Gasteiger partial charge in [0.25, 0.3) is 0 Å². The Kier molecular flexibility index (Phi) is 2.94. The maximum atomic E-state index is 11.1. The first-order valence-corrected chi connectivity index (χ1v) is 5.21. The molecule has 0 aliphatic heterocycles. The van der Waals surface area contributed by atoms with E-state index >= 15 is 0 Å². The summed E-state index contributed by atoms with van der Waals surface area (Å²) >= 11 is 0. The zero-order valence-corrected chi connectivity index (χ0v) is 8.77. The van der Waals surface area contributed by atoms with Crippen LogP contribution in [0.1, 0.15) is 47.8 Å². The normalized spacial score (nSPS) is 16.6. The van der Waals surface area contributed by atoms with Gasteiger partial charge in [0.1, 0.15) is 0 Å². The van der Waals surface area contributed by atoms with Crippen LogP contribution in [0.5, 0.6) is 0 Å². The Balaban J connectivity index is 2.12. The molecule has 0 saturated heterocycles. The van der Waals surface area contributed by atoms with Gasteiger partial charge in [0.15, 0.2) is 5.69 Å². The molecule has 0 N–H and O–H groups in total. The average Bonchev–Trinajstić information content (AvgIpc) is 2.82. The van der Waals surface area contributed by atoms with Crippen molar-refractivity contribution in [1.82, 2.24) is 9.97 Å². The fourth-order valence-corrected chi connectivity index (χ4v) is 1.98. The first kappa shape index (κ1) is 10.1. The number of carbonyl (C=O) groups excluding carboxylic acids is 1. The Morgan fingerprint density at radius 1 is 1.33 bits per heavy atom. The van der Waals surface area contributed by atoms with E-state index in [-0.39, 0.29) is 5.69 Å². The van der Waals surface area contributed by atoms with E-state index in [0.29, 0.717) is 5.92 Å². The van der Waals surface area contributed by atoms with Crippen molar-refractivity contribution in [2.24, 2.45) is 0 Å². The Labute approximate surface area is 88.7 Å². The summed E-state index contributed by atoms with van der Waals surface area (Å²) < 4.78 is 4.56. The van der Waals surface area contributed by atoms with Crippen LogP contribution < -0.4 is 0 Å². The molecule has 0 atom stereocenters. The lowest BCUT2D eigenvalue weighted by atomic mass is 10.1. The predicted molar refractivity (Wildman–Crippen MR) is 54.6 cm³/mol. The molecule has 0 unspecified atom stereocenters. The van der Waals surface area contributed by atoms with Crippen molar-refractivity contribution in [1.29, 1.82) is 0 Å². The molecule has 1 aromatic heterocycles. The minimum atomic E-state index is -0.430. The quantitative estimate of drug-likeness (QED) is 0.694. The summed E-state index contributed by atoms with van der Waals surface area (Å²) in [6, 6.07) is 0. The molecule has 0 bridgehead atoms. The van der Waals surface area contributed by atoms with Gasteiger partial charge in [-0.15, -0.1) is 0 Å². The van der Waals surface area contributed by atoms with E-state index in [1.807, 2.05) is 0 Å². The van der Waals surface area contributed by atoms with Gasteiger partial charge >= 0.3 is 5.97 Å². The predicted octanol–water partition coefficient (Wildman–Crippen LogP) is 1.92. The molecule has 0 amide bonds. The van der Waals surface area contributed by atoms with Crippen molar-refractivity contribution in [3.8, 4) is 0 Å². The monoisotopic (exact) mass is 206 g/mol. The lowest BCUT2D eigenvalue weighted by Gasteiger charge is -2.07. The highest BCUT2D eigenvalue weighted by Crippen LogP contribution is 2.32. The summed E-state index contributed by atoms with van der Waals surface area (Å²) in [7, 11) is 1.34. The number of esters is 1. The molecule has 1 heterocycles. The fraction of sp³-hybridized carbons (Fsp3) is 0.545. The molecular formula is C11H14N2O2. The third kappa shape index (κ3) is 2.14. The summed E-state index contributed by atoms with van der Waals surface area (Å²) in [5, 5.41) is 0. The number of hydrogen-bond donors (Lipinski definition) is 0. The summed E-state index contributed by atoms with van der Waals surface area (Å²) in [6.45, 7) is 0. The largest absolute Gasteiger partial charge is 0.464 e. The fourth-order valence-electron chi connectivity index (χ4n) is 1.98. The van der Waals surface area contributed by atoms with Crippen molar-refractivity contribution in [3.05, 3.63) is 23.8 Å². The second-order valence-electron chi connectivity index (χ2n) is 3.80. The van der Waals surface area contributed by atoms with Crippen LogP contribution in [0.4, 0.5) is 0 Å². The summed E-state index contributed by atoms with van der Waals surface area (Å²) in [5.74, 6) is 0.102. The van der Waals surface area contributed by atoms with Crippen molar-refractivity contribution in [3.63, 3.8) is 0 Å². The minimum Gasteiger partial charge on any atom is -0.464 e. The van der Waals surface area contributed by atoms with Crippen LogP contribution in [0.2, 0.25) is 0 Å². The first-order valence-electron chi connectivity index (χ1n) is 5.21. The molecule has 1 aliphatic carbocycles. The first-order chi connectivity index (χ1) is 7.31. The van der Waals surface area contributed by atoms with E-state index < -0.39 is 5.97 Å². The molecule has 15 heavy (non-hydrogen) atoms. The van der Waals surface area contributed by atoms with Gasteiger partial charge in [0.2, 0.25) is 0 Å². The van der Waals surface area contributed by atoms with E-state index in [4.69, 9.17) is 0 Å². The zero-order chi connectivity index (χ0) is 10.7. The number of methoxy groups -OCH3 is 1. The Morgan fingerprint density at radius 3 is 2.60 bits per heavy atom. The van der Waals surface area contributed by atoms with Crippen molar-refractivity contribution < 1.29 is 9.53 Å². The Morgan fingerprint density at radius 2 is 2.07 bits per heavy atom. The number of rotatable bonds is 2. The van der Waals surface area contributed by atoms with E-state index in [9.17, 15) is 4.79 Å². The van der Waals surface area contributed by atoms with Crippen LogP contribution in [0.3, 0.4) is 0 Å². The van der Waals surface area contributed by atoms with Gasteiger partial charge in [-0.1, -0.05) is 12.8 Å². The Bertz CT molecular complexity index is 342. The average molecular weight is 206 g/mol. The van der Waals surface area contributed by atoms with Crippen LogP contribution in [-0.4, -0.2) is 23.0 Å². The number of carbonyl (C=O) groups is 1. The summed E-state index contributed by atoms with van der Waals surface area (Å²) in [5.41, 5.74) is 1.28. The molecular weight excluding hydrogens is 192 g/mol. The third-order valence-corrected chi connectivity index (χ3v) is 2.84. The maximum Gasteiger partial charge on any atom is 0.358 e. The molecule has 4 nitrogen and oxygen atoms in total. The number of aromatic nitrogens is 2. The SMILES string of the molecule is COC(=O)c1cnc(C2CCCC2)cn1. The maximum absolute atomic E-state index is 11.1. The van der Waals surface area contributed by atoms with E-state index in [1.54, 1.807) is 6.20 Å². The molecule has 1 fully saturated rings. The highest BCUT2D eigenvalue weighted by atomic mass is 16.5. The molecule has 2 rings (SSSR count). The van der Waals surface area contributed by atoms with E-state index in [0.717, 1.165) is 5.69 Å². The van der Waals surface area contributed by atoms with E-state index in [2.05, 4.69) is 14.7 Å². The smallest absolute Gasteiger partial charge is 0.358 e. The topological polar surface area (TPSA) is 52.1 Å². The number of hydrogen-bond acceptors (Lipinski definition) is 4. The number of nitrogens with zero attached hydrogens (tertiary/aromatic N) is 2. The summed E-state index contributed by atoms with van der Waals surface area (Å²) in [6.07, 6.45) is 8.11. The van der Waals surface area contributed by atoms with Gasteiger partial charge in [-0.2, -0.15) is 0 Å². The van der Waals surface area contributed by atoms with Crippen LogP contribution >= 0.6 is 0 Å². The van der Waals surface area contributed by atoms with Crippen LogP contribution in [0.25, 0.3) is 0 Å². The Hall–Kier alpha value is -1.45. The highest BCUT2D eigenvalue weighted by molar-refractivity contribution is 5.86. The molecule has 80 valence electrons. The standard InChI is InChI=1S/C11H14N2O2/c1-15-11(14)10-7-12-9(6-13-10)8-4-2-3-5-8/h6-8H,2-5H2,1H3. The number of ether oxygens (including phenoxy) is 1. The van der Waals surface area contributed by atoms with Gasteiger partial charge in [-0.25, -0.2) is 9.78 Å².